The molecule has 1 fully saturated rings. The van der Waals surface area contributed by atoms with Gasteiger partial charge in [-0.2, -0.15) is 13.2 Å². The number of nitrogens with two attached hydrogens (primary N) is 2. The maximum absolute atomic E-state index is 13.4. The average Bonchev–Trinajstić information content (AvgIpc) is 2.75. The van der Waals surface area contributed by atoms with Crippen LogP contribution in [0.3, 0.4) is 0 Å². The molecule has 0 amide bonds. The van der Waals surface area contributed by atoms with Crippen molar-refractivity contribution in [3.05, 3.63) is 23.9 Å². The molecule has 10 heteroatoms. The van der Waals surface area contributed by atoms with Gasteiger partial charge in [0.1, 0.15) is 11.5 Å². The minimum absolute atomic E-state index is 0.0192. The van der Waals surface area contributed by atoms with Gasteiger partial charge in [0.15, 0.2) is 0 Å². The van der Waals surface area contributed by atoms with E-state index in [-0.39, 0.29) is 35.0 Å². The third kappa shape index (κ3) is 5.79. The van der Waals surface area contributed by atoms with E-state index in [9.17, 15) is 13.2 Å². The van der Waals surface area contributed by atoms with E-state index >= 15 is 0 Å². The predicted molar refractivity (Wildman–Crippen MR) is 123 cm³/mol. The number of halogens is 3. The summed E-state index contributed by atoms with van der Waals surface area (Å²) in [5, 5.41) is 0. The van der Waals surface area contributed by atoms with Crippen molar-refractivity contribution in [2.45, 2.75) is 45.2 Å². The lowest BCUT2D eigenvalue weighted by molar-refractivity contribution is -0.141. The van der Waals surface area contributed by atoms with Crippen LogP contribution in [0.4, 0.5) is 30.4 Å². The van der Waals surface area contributed by atoms with E-state index in [1.54, 1.807) is 20.1 Å². The fourth-order valence-corrected chi connectivity index (χ4v) is 4.59. The van der Waals surface area contributed by atoms with Crippen LogP contribution >= 0.6 is 0 Å². The van der Waals surface area contributed by atoms with Gasteiger partial charge in [-0.15, -0.1) is 0 Å². The van der Waals surface area contributed by atoms with E-state index in [2.05, 4.69) is 9.97 Å². The summed E-state index contributed by atoms with van der Waals surface area (Å²) in [5.41, 5.74) is 12.6. The number of anilines is 3. The summed E-state index contributed by atoms with van der Waals surface area (Å²) in [4.78, 5) is 9.83. The number of hydrogen-bond acceptors (Lipinski definition) is 7. The van der Waals surface area contributed by atoms with E-state index in [1.807, 2.05) is 11.9 Å². The minimum atomic E-state index is -4.63. The molecule has 0 radical (unpaired) electrons. The largest absolute Gasteiger partial charge is 0.478 e. The molecule has 0 spiro atoms. The third-order valence-corrected chi connectivity index (χ3v) is 6.10. The van der Waals surface area contributed by atoms with Crippen LogP contribution in [-0.2, 0) is 10.9 Å². The van der Waals surface area contributed by atoms with Crippen molar-refractivity contribution in [2.24, 2.45) is 5.41 Å². The van der Waals surface area contributed by atoms with Crippen LogP contribution in [0, 0.1) is 5.41 Å². The Bertz CT molecular complexity index is 956. The van der Waals surface area contributed by atoms with E-state index in [0.717, 1.165) is 31.7 Å². The minimum Gasteiger partial charge on any atom is -0.478 e. The van der Waals surface area contributed by atoms with Crippen LogP contribution in [0.15, 0.2) is 18.2 Å². The summed E-state index contributed by atoms with van der Waals surface area (Å²) < 4.78 is 51.1. The van der Waals surface area contributed by atoms with Crippen LogP contribution in [0.1, 0.15) is 44.7 Å². The van der Waals surface area contributed by atoms with Crippen LogP contribution in [-0.4, -0.2) is 43.9 Å². The molecule has 0 aliphatic heterocycles. The second-order valence-corrected chi connectivity index (χ2v) is 8.69. The molecule has 1 aliphatic carbocycles. The van der Waals surface area contributed by atoms with Crippen LogP contribution in [0.2, 0.25) is 0 Å². The zero-order valence-electron chi connectivity index (χ0n) is 19.3. The Balaban J connectivity index is 2.01. The van der Waals surface area contributed by atoms with Crippen molar-refractivity contribution in [1.29, 1.82) is 0 Å². The molecule has 0 aromatic carbocycles. The fraction of sp³-hybridized carbons (Fsp3) is 0.565. The first kappa shape index (κ1) is 24.9. The van der Waals surface area contributed by atoms with E-state index in [1.165, 1.54) is 12.5 Å². The van der Waals surface area contributed by atoms with Crippen molar-refractivity contribution in [3.8, 4) is 17.1 Å². The number of nitrogen functional groups attached to an aromatic ring is 2. The summed E-state index contributed by atoms with van der Waals surface area (Å²) in [5.74, 6) is -0.0715. The molecular formula is C23H32F3N5O2. The Morgan fingerprint density at radius 3 is 2.39 bits per heavy atom. The first-order valence-corrected chi connectivity index (χ1v) is 11.1. The molecule has 1 aliphatic rings. The molecular weight excluding hydrogens is 435 g/mol. The normalized spacial score (nSPS) is 15.9. The lowest BCUT2D eigenvalue weighted by Gasteiger charge is -2.40. The highest BCUT2D eigenvalue weighted by atomic mass is 19.4. The maximum atomic E-state index is 13.4. The van der Waals surface area contributed by atoms with E-state index in [0.29, 0.717) is 24.5 Å². The number of ether oxygens (including phenoxy) is 2. The summed E-state index contributed by atoms with van der Waals surface area (Å²) in [6.07, 6.45) is 0.913. The smallest absolute Gasteiger partial charge is 0.433 e. The van der Waals surface area contributed by atoms with Gasteiger partial charge in [0.25, 0.3) is 0 Å². The predicted octanol–water partition coefficient (Wildman–Crippen LogP) is 4.76. The van der Waals surface area contributed by atoms with Gasteiger partial charge in [-0.05, 0) is 31.9 Å². The van der Waals surface area contributed by atoms with Crippen LogP contribution in [0.25, 0.3) is 11.3 Å². The summed E-state index contributed by atoms with van der Waals surface area (Å²) in [7, 11) is 3.60. The van der Waals surface area contributed by atoms with Gasteiger partial charge < -0.3 is 25.8 Å². The van der Waals surface area contributed by atoms with Crippen molar-refractivity contribution < 1.29 is 22.6 Å². The molecule has 0 bridgehead atoms. The Morgan fingerprint density at radius 2 is 1.79 bits per heavy atom. The second-order valence-electron chi connectivity index (χ2n) is 8.69. The third-order valence-electron chi connectivity index (χ3n) is 6.10. The van der Waals surface area contributed by atoms with Gasteiger partial charge in [-0.3, -0.25) is 0 Å². The SMILES string of the molecule is CCOc1cc(-c2cc(N(C)CC3(COC)CCCCC3)c(N)c(N)n2)cc(C(F)(F)F)n1. The molecule has 0 saturated heterocycles. The Hall–Kier alpha value is -2.75. The fourth-order valence-electron chi connectivity index (χ4n) is 4.59. The first-order chi connectivity index (χ1) is 15.6. The molecule has 1 saturated carbocycles. The number of aromatic nitrogens is 2. The van der Waals surface area contributed by atoms with Gasteiger partial charge in [0, 0.05) is 37.7 Å². The van der Waals surface area contributed by atoms with Crippen molar-refractivity contribution in [1.82, 2.24) is 9.97 Å². The quantitative estimate of drug-likeness (QED) is 0.577. The number of methoxy groups -OCH3 is 1. The summed E-state index contributed by atoms with van der Waals surface area (Å²) >= 11 is 0. The van der Waals surface area contributed by atoms with Gasteiger partial charge in [0.2, 0.25) is 5.88 Å². The van der Waals surface area contributed by atoms with Crippen molar-refractivity contribution in [3.63, 3.8) is 0 Å². The standard InChI is InChI=1S/C23H32F3N5O2/c1-4-33-19-11-15(10-18(30-19)23(24,25)26)16-12-17(20(27)21(28)29-16)31(2)13-22(14-32-3)8-6-5-7-9-22/h10-12H,4-9,13-14,27H2,1-3H3,(H2,28,29). The van der Waals surface area contributed by atoms with Gasteiger partial charge in [0.05, 0.1) is 30.3 Å². The Labute approximate surface area is 192 Å². The molecule has 2 aromatic heterocycles. The summed E-state index contributed by atoms with van der Waals surface area (Å²) in [6, 6.07) is 4.03. The highest BCUT2D eigenvalue weighted by Crippen LogP contribution is 2.40. The summed E-state index contributed by atoms with van der Waals surface area (Å²) in [6.45, 7) is 3.17. The molecule has 4 N–H and O–H groups in total. The number of hydrogen-bond donors (Lipinski definition) is 2. The highest BCUT2D eigenvalue weighted by Gasteiger charge is 2.35. The van der Waals surface area contributed by atoms with Gasteiger partial charge in [-0.25, -0.2) is 9.97 Å². The molecule has 7 nitrogen and oxygen atoms in total. The maximum Gasteiger partial charge on any atom is 0.433 e. The lowest BCUT2D eigenvalue weighted by atomic mass is 9.74. The molecule has 0 unspecified atom stereocenters. The number of rotatable bonds is 8. The number of pyridine rings is 2. The molecule has 2 aromatic rings. The number of alkyl halides is 3. The zero-order valence-corrected chi connectivity index (χ0v) is 19.3. The molecule has 0 atom stereocenters. The van der Waals surface area contributed by atoms with Crippen molar-refractivity contribution in [2.75, 3.05) is 50.3 Å². The van der Waals surface area contributed by atoms with Crippen LogP contribution in [0.5, 0.6) is 5.88 Å². The van der Waals surface area contributed by atoms with Gasteiger partial charge >= 0.3 is 6.18 Å². The molecule has 182 valence electrons. The van der Waals surface area contributed by atoms with Gasteiger partial charge in [-0.1, -0.05) is 19.3 Å². The highest BCUT2D eigenvalue weighted by molar-refractivity contribution is 5.82. The van der Waals surface area contributed by atoms with Crippen molar-refractivity contribution >= 4 is 17.2 Å². The average molecular weight is 468 g/mol. The van der Waals surface area contributed by atoms with E-state index in [4.69, 9.17) is 20.9 Å². The number of nitrogens with zero attached hydrogens (tertiary/aromatic N) is 3. The Morgan fingerprint density at radius 1 is 1.09 bits per heavy atom. The molecule has 2 heterocycles. The first-order valence-electron chi connectivity index (χ1n) is 11.1. The Kier molecular flexibility index (Phi) is 7.56. The zero-order chi connectivity index (χ0) is 24.2. The molecule has 33 heavy (non-hydrogen) atoms. The topological polar surface area (TPSA) is 99.5 Å². The second kappa shape index (κ2) is 10.0. The molecule has 3 rings (SSSR count). The van der Waals surface area contributed by atoms with Crippen LogP contribution < -0.4 is 21.1 Å². The van der Waals surface area contributed by atoms with E-state index < -0.39 is 11.9 Å². The monoisotopic (exact) mass is 467 g/mol. The lowest BCUT2D eigenvalue weighted by Crippen LogP contribution is -2.41.